The summed E-state index contributed by atoms with van der Waals surface area (Å²) in [4.78, 5) is 10.9. The molecule has 0 saturated heterocycles. The van der Waals surface area contributed by atoms with Crippen LogP contribution in [0.3, 0.4) is 0 Å². The van der Waals surface area contributed by atoms with Crippen LogP contribution in [0, 0.1) is 0 Å². The Hall–Kier alpha value is -3.09. The van der Waals surface area contributed by atoms with Crippen LogP contribution in [0.25, 0.3) is 0 Å². The van der Waals surface area contributed by atoms with Crippen molar-refractivity contribution < 1.29 is 24.5 Å². The molecule has 112 valence electrons. The van der Waals surface area contributed by atoms with Gasteiger partial charge in [-0.25, -0.2) is 4.79 Å². The SMILES string of the molecule is O=C(O)c1cccc(N=NCc2cc3c(cc2O)OCO3)c1. The molecule has 0 radical (unpaired) electrons. The maximum Gasteiger partial charge on any atom is 0.335 e. The second-order valence-electron chi connectivity index (χ2n) is 4.59. The first kappa shape index (κ1) is 13.9. The van der Waals surface area contributed by atoms with Crippen LogP contribution in [0.2, 0.25) is 0 Å². The largest absolute Gasteiger partial charge is 0.507 e. The molecule has 0 aromatic heterocycles. The zero-order valence-corrected chi connectivity index (χ0v) is 11.4. The third kappa shape index (κ3) is 2.83. The van der Waals surface area contributed by atoms with Crippen molar-refractivity contribution in [3.05, 3.63) is 47.5 Å². The minimum atomic E-state index is -1.02. The summed E-state index contributed by atoms with van der Waals surface area (Å²) in [5, 5.41) is 26.7. The molecule has 0 bridgehead atoms. The van der Waals surface area contributed by atoms with E-state index in [-0.39, 0.29) is 24.7 Å². The van der Waals surface area contributed by atoms with E-state index in [2.05, 4.69) is 10.2 Å². The summed E-state index contributed by atoms with van der Waals surface area (Å²) in [5.74, 6) is 0.0659. The number of nitrogens with zero attached hydrogens (tertiary/aromatic N) is 2. The fourth-order valence-electron chi connectivity index (χ4n) is 1.99. The highest BCUT2D eigenvalue weighted by molar-refractivity contribution is 5.88. The smallest absolute Gasteiger partial charge is 0.335 e. The highest BCUT2D eigenvalue weighted by atomic mass is 16.7. The summed E-state index contributed by atoms with van der Waals surface area (Å²) in [7, 11) is 0. The quantitative estimate of drug-likeness (QED) is 0.845. The molecule has 0 atom stereocenters. The summed E-state index contributed by atoms with van der Waals surface area (Å²) in [6, 6.07) is 9.25. The molecule has 0 spiro atoms. The maximum atomic E-state index is 10.9. The maximum absolute atomic E-state index is 10.9. The van der Waals surface area contributed by atoms with Gasteiger partial charge >= 0.3 is 5.97 Å². The lowest BCUT2D eigenvalue weighted by Gasteiger charge is -2.03. The summed E-state index contributed by atoms with van der Waals surface area (Å²) in [6.45, 7) is 0.265. The van der Waals surface area contributed by atoms with E-state index in [1.807, 2.05) is 0 Å². The van der Waals surface area contributed by atoms with Crippen molar-refractivity contribution in [1.82, 2.24) is 0 Å². The highest BCUT2D eigenvalue weighted by Gasteiger charge is 2.16. The van der Waals surface area contributed by atoms with Crippen LogP contribution in [0.4, 0.5) is 5.69 Å². The Bertz CT molecular complexity index is 758. The Balaban J connectivity index is 1.75. The van der Waals surface area contributed by atoms with Gasteiger partial charge in [-0.3, -0.25) is 0 Å². The van der Waals surface area contributed by atoms with Crippen LogP contribution in [0.5, 0.6) is 17.2 Å². The van der Waals surface area contributed by atoms with E-state index in [9.17, 15) is 9.90 Å². The number of phenols is 1. The Labute approximate surface area is 125 Å². The summed E-state index contributed by atoms with van der Waals surface area (Å²) in [5.41, 5.74) is 1.12. The molecule has 0 unspecified atom stereocenters. The van der Waals surface area contributed by atoms with Gasteiger partial charge in [0.25, 0.3) is 0 Å². The molecule has 1 aliphatic rings. The number of fused-ring (bicyclic) bond motifs is 1. The zero-order valence-electron chi connectivity index (χ0n) is 11.4. The third-order valence-corrected chi connectivity index (χ3v) is 3.09. The van der Waals surface area contributed by atoms with Crippen LogP contribution in [-0.4, -0.2) is 23.0 Å². The fourth-order valence-corrected chi connectivity index (χ4v) is 1.99. The molecule has 1 aliphatic heterocycles. The average molecular weight is 300 g/mol. The lowest BCUT2D eigenvalue weighted by Crippen LogP contribution is -1.94. The minimum Gasteiger partial charge on any atom is -0.507 e. The van der Waals surface area contributed by atoms with Crippen molar-refractivity contribution in [1.29, 1.82) is 0 Å². The first-order valence-electron chi connectivity index (χ1n) is 6.46. The Morgan fingerprint density at radius 1 is 1.18 bits per heavy atom. The van der Waals surface area contributed by atoms with Gasteiger partial charge in [0.2, 0.25) is 6.79 Å². The van der Waals surface area contributed by atoms with Gasteiger partial charge in [-0.1, -0.05) is 6.07 Å². The average Bonchev–Trinajstić information content (AvgIpc) is 2.94. The van der Waals surface area contributed by atoms with Crippen molar-refractivity contribution in [2.45, 2.75) is 6.54 Å². The number of hydrogen-bond acceptors (Lipinski definition) is 6. The number of ether oxygens (including phenoxy) is 2. The molecule has 0 amide bonds. The number of aromatic carboxylic acids is 1. The summed E-state index contributed by atoms with van der Waals surface area (Å²) in [6.07, 6.45) is 0. The fraction of sp³-hybridized carbons (Fsp3) is 0.133. The Kier molecular flexibility index (Phi) is 3.61. The van der Waals surface area contributed by atoms with Crippen molar-refractivity contribution in [3.8, 4) is 17.2 Å². The van der Waals surface area contributed by atoms with Gasteiger partial charge < -0.3 is 19.7 Å². The first-order valence-corrected chi connectivity index (χ1v) is 6.46. The highest BCUT2D eigenvalue weighted by Crippen LogP contribution is 2.37. The van der Waals surface area contributed by atoms with Gasteiger partial charge in [0.1, 0.15) is 5.75 Å². The molecule has 2 aromatic rings. The van der Waals surface area contributed by atoms with Crippen molar-refractivity contribution in [3.63, 3.8) is 0 Å². The van der Waals surface area contributed by atoms with E-state index >= 15 is 0 Å². The number of carbonyl (C=O) groups is 1. The van der Waals surface area contributed by atoms with Crippen molar-refractivity contribution >= 4 is 11.7 Å². The minimum absolute atomic E-state index is 0.0440. The van der Waals surface area contributed by atoms with E-state index in [0.29, 0.717) is 22.7 Å². The van der Waals surface area contributed by atoms with Crippen LogP contribution in [-0.2, 0) is 6.54 Å². The van der Waals surface area contributed by atoms with Gasteiger partial charge in [0.05, 0.1) is 17.8 Å². The number of rotatable bonds is 4. The molecular formula is C15H12N2O5. The third-order valence-electron chi connectivity index (χ3n) is 3.09. The zero-order chi connectivity index (χ0) is 15.5. The van der Waals surface area contributed by atoms with Crippen LogP contribution in [0.15, 0.2) is 46.6 Å². The molecule has 22 heavy (non-hydrogen) atoms. The van der Waals surface area contributed by atoms with E-state index < -0.39 is 5.97 Å². The lowest BCUT2D eigenvalue weighted by molar-refractivity contribution is 0.0697. The number of hydrogen-bond donors (Lipinski definition) is 2. The van der Waals surface area contributed by atoms with Crippen LogP contribution in [0.1, 0.15) is 15.9 Å². The molecule has 7 nitrogen and oxygen atoms in total. The molecule has 0 saturated carbocycles. The second-order valence-corrected chi connectivity index (χ2v) is 4.59. The molecule has 0 fully saturated rings. The topological polar surface area (TPSA) is 101 Å². The number of aromatic hydroxyl groups is 1. The predicted octanol–water partition coefficient (Wildman–Crippen LogP) is 3.10. The van der Waals surface area contributed by atoms with E-state index in [1.165, 1.54) is 18.2 Å². The Morgan fingerprint density at radius 2 is 1.95 bits per heavy atom. The van der Waals surface area contributed by atoms with Gasteiger partial charge in [-0.2, -0.15) is 10.2 Å². The predicted molar refractivity (Wildman–Crippen MR) is 75.9 cm³/mol. The number of phenolic OH excluding ortho intramolecular Hbond substituents is 1. The van der Waals surface area contributed by atoms with Gasteiger partial charge in [-0.15, -0.1) is 0 Å². The Morgan fingerprint density at radius 3 is 2.73 bits per heavy atom. The molecule has 7 heteroatoms. The lowest BCUT2D eigenvalue weighted by atomic mass is 10.2. The molecule has 1 heterocycles. The molecule has 3 rings (SSSR count). The van der Waals surface area contributed by atoms with E-state index in [1.54, 1.807) is 18.2 Å². The van der Waals surface area contributed by atoms with Crippen LogP contribution >= 0.6 is 0 Å². The number of carboxylic acid groups (broad SMARTS) is 1. The number of carboxylic acids is 1. The van der Waals surface area contributed by atoms with E-state index in [0.717, 1.165) is 0 Å². The molecule has 2 aromatic carbocycles. The summed E-state index contributed by atoms with van der Waals surface area (Å²) >= 11 is 0. The first-order chi connectivity index (χ1) is 10.6. The molecular weight excluding hydrogens is 288 g/mol. The monoisotopic (exact) mass is 300 g/mol. The van der Waals surface area contributed by atoms with E-state index in [4.69, 9.17) is 14.6 Å². The normalized spacial score (nSPS) is 12.7. The molecule has 2 N–H and O–H groups in total. The van der Waals surface area contributed by atoms with Gasteiger partial charge in [0.15, 0.2) is 11.5 Å². The molecule has 0 aliphatic carbocycles. The van der Waals surface area contributed by atoms with Crippen molar-refractivity contribution in [2.24, 2.45) is 10.2 Å². The van der Waals surface area contributed by atoms with Crippen LogP contribution < -0.4 is 9.47 Å². The second kappa shape index (κ2) is 5.72. The van der Waals surface area contributed by atoms with Crippen molar-refractivity contribution in [2.75, 3.05) is 6.79 Å². The van der Waals surface area contributed by atoms with Gasteiger partial charge in [0, 0.05) is 11.6 Å². The number of benzene rings is 2. The number of azo groups is 1. The van der Waals surface area contributed by atoms with Gasteiger partial charge in [-0.05, 0) is 24.3 Å². The summed E-state index contributed by atoms with van der Waals surface area (Å²) < 4.78 is 10.4. The standard InChI is InChI=1S/C15H12N2O5/c18-12-6-14-13(21-8-22-14)5-10(12)7-16-17-11-3-1-2-9(4-11)15(19)20/h1-6,18H,7-8H2,(H,19,20).